The van der Waals surface area contributed by atoms with Crippen molar-refractivity contribution in [1.29, 1.82) is 0 Å². The zero-order chi connectivity index (χ0) is 30.9. The maximum Gasteiger partial charge on any atom is 0.249 e. The van der Waals surface area contributed by atoms with Gasteiger partial charge in [0.05, 0.1) is 18.8 Å². The van der Waals surface area contributed by atoms with Crippen LogP contribution in [0.1, 0.15) is 181 Å². The predicted octanol–water partition coefficient (Wildman–Crippen LogP) is 9.48. The summed E-state index contributed by atoms with van der Waals surface area (Å²) in [7, 11) is 0. The summed E-state index contributed by atoms with van der Waals surface area (Å²) in [5.74, 6) is -0.515. The topological polar surface area (TPSA) is 89.8 Å². The summed E-state index contributed by atoms with van der Waals surface area (Å²) in [5.41, 5.74) is 0. The Bertz CT molecular complexity index is 621. The van der Waals surface area contributed by atoms with Crippen LogP contribution in [0.3, 0.4) is 0 Å². The maximum absolute atomic E-state index is 12.3. The summed E-state index contributed by atoms with van der Waals surface area (Å²) in [6, 6.07) is -0.807. The lowest BCUT2D eigenvalue weighted by Crippen LogP contribution is -2.48. The second-order valence-corrected chi connectivity index (χ2v) is 12.4. The van der Waals surface area contributed by atoms with Gasteiger partial charge in [-0.2, -0.15) is 0 Å². The number of hydrogen-bond donors (Lipinski definition) is 4. The molecule has 0 bridgehead atoms. The Morgan fingerprint density at radius 2 is 0.976 bits per heavy atom. The molecular weight excluding hydrogens is 522 g/mol. The molecule has 1 amide bonds. The second kappa shape index (κ2) is 32.7. The van der Waals surface area contributed by atoms with E-state index in [1.165, 1.54) is 122 Å². The van der Waals surface area contributed by atoms with Crippen molar-refractivity contribution in [3.05, 3.63) is 24.3 Å². The fourth-order valence-electron chi connectivity index (χ4n) is 5.38. The predicted molar refractivity (Wildman–Crippen MR) is 181 cm³/mol. The fourth-order valence-corrected chi connectivity index (χ4v) is 5.38. The molecule has 0 radical (unpaired) electrons. The highest BCUT2D eigenvalue weighted by molar-refractivity contribution is 5.80. The summed E-state index contributed by atoms with van der Waals surface area (Å²) in [6.07, 6.45) is 37.8. The zero-order valence-corrected chi connectivity index (χ0v) is 27.9. The maximum atomic E-state index is 12.3. The van der Waals surface area contributed by atoms with Crippen LogP contribution in [0.4, 0.5) is 0 Å². The summed E-state index contributed by atoms with van der Waals surface area (Å²) >= 11 is 0. The molecule has 0 aliphatic heterocycles. The van der Waals surface area contributed by atoms with Gasteiger partial charge < -0.3 is 20.6 Å². The number of carbonyl (C=O) groups excluding carboxylic acids is 1. The molecule has 3 unspecified atom stereocenters. The van der Waals surface area contributed by atoms with Gasteiger partial charge in [0, 0.05) is 0 Å². The minimum Gasteiger partial charge on any atom is -0.394 e. The van der Waals surface area contributed by atoms with Crippen LogP contribution in [0.5, 0.6) is 0 Å². The number of unbranched alkanes of at least 4 members (excludes halogenated alkanes) is 22. The van der Waals surface area contributed by atoms with Crippen molar-refractivity contribution < 1.29 is 20.1 Å². The Balaban J connectivity index is 3.67. The van der Waals surface area contributed by atoms with Crippen LogP contribution in [0.15, 0.2) is 24.3 Å². The molecule has 0 aliphatic rings. The van der Waals surface area contributed by atoms with E-state index >= 15 is 0 Å². The third kappa shape index (κ3) is 27.7. The van der Waals surface area contributed by atoms with Crippen LogP contribution >= 0.6 is 0 Å². The van der Waals surface area contributed by atoms with E-state index in [4.69, 9.17) is 0 Å². The van der Waals surface area contributed by atoms with Crippen LogP contribution in [0.2, 0.25) is 0 Å². The Kier molecular flexibility index (Phi) is 31.8. The van der Waals surface area contributed by atoms with Gasteiger partial charge in [0.15, 0.2) is 0 Å². The van der Waals surface area contributed by atoms with Crippen molar-refractivity contribution >= 4 is 5.91 Å². The van der Waals surface area contributed by atoms with Crippen molar-refractivity contribution in [1.82, 2.24) is 5.32 Å². The average molecular weight is 594 g/mol. The number of carbonyl (C=O) groups is 1. The molecule has 0 saturated carbocycles. The first-order valence-corrected chi connectivity index (χ1v) is 18.2. The van der Waals surface area contributed by atoms with E-state index in [0.717, 1.165) is 38.5 Å². The van der Waals surface area contributed by atoms with E-state index in [2.05, 4.69) is 31.3 Å². The molecule has 0 aromatic rings. The van der Waals surface area contributed by atoms with Gasteiger partial charge in [-0.05, 0) is 32.1 Å². The van der Waals surface area contributed by atoms with Gasteiger partial charge >= 0.3 is 0 Å². The van der Waals surface area contributed by atoms with E-state index in [1.807, 2.05) is 6.08 Å². The van der Waals surface area contributed by atoms with Gasteiger partial charge in [0.1, 0.15) is 6.10 Å². The van der Waals surface area contributed by atoms with Crippen molar-refractivity contribution in [2.75, 3.05) is 6.61 Å². The van der Waals surface area contributed by atoms with E-state index in [1.54, 1.807) is 6.08 Å². The first kappa shape index (κ1) is 40.8. The van der Waals surface area contributed by atoms with Gasteiger partial charge in [-0.1, -0.05) is 173 Å². The Morgan fingerprint density at radius 1 is 0.571 bits per heavy atom. The van der Waals surface area contributed by atoms with Crippen molar-refractivity contribution in [3.8, 4) is 0 Å². The van der Waals surface area contributed by atoms with Gasteiger partial charge in [-0.25, -0.2) is 0 Å². The zero-order valence-electron chi connectivity index (χ0n) is 27.9. The first-order valence-electron chi connectivity index (χ1n) is 18.2. The van der Waals surface area contributed by atoms with Crippen LogP contribution in [-0.4, -0.2) is 46.1 Å². The normalized spacial score (nSPS) is 14.1. The summed E-state index contributed by atoms with van der Waals surface area (Å²) in [5, 5.41) is 32.8. The fraction of sp³-hybridized carbons (Fsp3) is 0.865. The first-order chi connectivity index (χ1) is 20.6. The second-order valence-electron chi connectivity index (χ2n) is 12.4. The Hall–Kier alpha value is -1.17. The smallest absolute Gasteiger partial charge is 0.249 e. The minimum absolute atomic E-state index is 0.374. The molecule has 3 atom stereocenters. The number of amides is 1. The molecule has 4 N–H and O–H groups in total. The van der Waals surface area contributed by atoms with Crippen LogP contribution < -0.4 is 5.32 Å². The van der Waals surface area contributed by atoms with E-state index < -0.39 is 24.2 Å². The Labute approximate surface area is 261 Å². The highest BCUT2D eigenvalue weighted by atomic mass is 16.3. The lowest BCUT2D eigenvalue weighted by Gasteiger charge is -2.21. The summed E-state index contributed by atoms with van der Waals surface area (Å²) < 4.78 is 0. The summed E-state index contributed by atoms with van der Waals surface area (Å²) in [6.45, 7) is 4.10. The molecule has 5 nitrogen and oxygen atoms in total. The molecule has 248 valence electrons. The van der Waals surface area contributed by atoms with Crippen LogP contribution in [0.25, 0.3) is 0 Å². The third-order valence-electron chi connectivity index (χ3n) is 8.29. The minimum atomic E-state index is -1.10. The highest BCUT2D eigenvalue weighted by Gasteiger charge is 2.22. The van der Waals surface area contributed by atoms with Gasteiger partial charge in [-0.15, -0.1) is 0 Å². The number of aliphatic hydroxyl groups is 3. The van der Waals surface area contributed by atoms with Gasteiger partial charge in [-0.3, -0.25) is 4.79 Å². The Morgan fingerprint density at radius 3 is 1.45 bits per heavy atom. The van der Waals surface area contributed by atoms with Crippen molar-refractivity contribution in [2.45, 2.75) is 199 Å². The lowest BCUT2D eigenvalue weighted by molar-refractivity contribution is -0.131. The average Bonchev–Trinajstić information content (AvgIpc) is 2.99. The SMILES string of the molecule is CCCCC/C=C/CC/C=C/C(O)C(CO)NC(=O)C(O)CCCCCCCCCCCCCCCCCCCCC. The van der Waals surface area contributed by atoms with Gasteiger partial charge in [0.2, 0.25) is 5.91 Å². The van der Waals surface area contributed by atoms with Gasteiger partial charge in [0.25, 0.3) is 0 Å². The molecule has 0 aromatic carbocycles. The monoisotopic (exact) mass is 594 g/mol. The molecule has 0 aromatic heterocycles. The number of hydrogen-bond acceptors (Lipinski definition) is 4. The third-order valence-corrected chi connectivity index (χ3v) is 8.29. The van der Waals surface area contributed by atoms with E-state index in [-0.39, 0.29) is 6.61 Å². The largest absolute Gasteiger partial charge is 0.394 e. The van der Waals surface area contributed by atoms with E-state index in [9.17, 15) is 20.1 Å². The number of rotatable bonds is 32. The number of nitrogens with one attached hydrogen (secondary N) is 1. The molecule has 42 heavy (non-hydrogen) atoms. The molecule has 0 aliphatic carbocycles. The van der Waals surface area contributed by atoms with Crippen molar-refractivity contribution in [2.24, 2.45) is 0 Å². The van der Waals surface area contributed by atoms with Crippen LogP contribution in [-0.2, 0) is 4.79 Å². The molecule has 0 spiro atoms. The molecule has 0 saturated heterocycles. The number of allylic oxidation sites excluding steroid dienone is 3. The standard InChI is InChI=1S/C37H71NO4/c1-3-5-7-9-11-13-14-15-16-17-18-19-20-21-22-24-26-28-30-32-36(41)37(42)38-34(33-39)35(40)31-29-27-25-23-12-10-8-6-4-2/h12,23,29,31,34-36,39-41H,3-11,13-22,24-28,30,32-33H2,1-2H3,(H,38,42)/b23-12+,31-29+. The molecule has 5 heteroatoms. The quantitative estimate of drug-likeness (QED) is 0.0462. The molecular formula is C37H71NO4. The van der Waals surface area contributed by atoms with Crippen molar-refractivity contribution in [3.63, 3.8) is 0 Å². The molecule has 0 fully saturated rings. The number of aliphatic hydroxyl groups excluding tert-OH is 3. The molecule has 0 rings (SSSR count). The molecule has 0 heterocycles. The summed E-state index contributed by atoms with van der Waals surface area (Å²) in [4.78, 5) is 12.3. The highest BCUT2D eigenvalue weighted by Crippen LogP contribution is 2.15. The van der Waals surface area contributed by atoms with E-state index in [0.29, 0.717) is 6.42 Å². The lowest BCUT2D eigenvalue weighted by atomic mass is 10.0. The van der Waals surface area contributed by atoms with Crippen LogP contribution in [0, 0.1) is 0 Å².